The van der Waals surface area contributed by atoms with Crippen LogP contribution in [0.1, 0.15) is 96.8 Å². The number of allylic oxidation sites excluding steroid dienone is 2. The zero-order valence-corrected chi connectivity index (χ0v) is 16.9. The standard InChI is InChI=1S/C19H38N3Se/c1-2-3-4-5-6-7-8-9-10-11-12-13-14-15-16-17-18(20)22-19(21)23/h9-10,18H,2-8,11-17,20H2,1H3,(H2,21,22)/b10-9-. The monoisotopic (exact) mass is 388 g/mol. The molecule has 0 aromatic carbocycles. The van der Waals surface area contributed by atoms with E-state index in [0.29, 0.717) is 4.73 Å². The Bertz CT molecular complexity index is 299. The Balaban J connectivity index is 3.21. The first kappa shape index (κ1) is 22.7. The molecular weight excluding hydrogens is 349 g/mol. The molecule has 0 aliphatic rings. The summed E-state index contributed by atoms with van der Waals surface area (Å²) in [5.41, 5.74) is 11.3. The van der Waals surface area contributed by atoms with E-state index in [-0.39, 0.29) is 6.17 Å². The number of hydrogen-bond donors (Lipinski definition) is 2. The second-order valence-electron chi connectivity index (χ2n) is 6.41. The molecule has 0 spiro atoms. The van der Waals surface area contributed by atoms with Gasteiger partial charge in [0.1, 0.15) is 0 Å². The Morgan fingerprint density at radius 3 is 1.87 bits per heavy atom. The topological polar surface area (TPSA) is 64.4 Å². The molecule has 135 valence electrons. The summed E-state index contributed by atoms with van der Waals surface area (Å²) in [5.74, 6) is 0. The second-order valence-corrected chi connectivity index (χ2v) is 7.29. The van der Waals surface area contributed by atoms with E-state index in [0.717, 1.165) is 12.8 Å². The zero-order valence-electron chi connectivity index (χ0n) is 15.1. The van der Waals surface area contributed by atoms with Gasteiger partial charge in [-0.25, -0.2) is 0 Å². The molecule has 3 nitrogen and oxygen atoms in total. The predicted octanol–water partition coefficient (Wildman–Crippen LogP) is 4.79. The number of hydrogen-bond acceptors (Lipinski definition) is 2. The summed E-state index contributed by atoms with van der Waals surface area (Å²) >= 11 is 2.67. The Morgan fingerprint density at radius 2 is 1.35 bits per heavy atom. The molecule has 4 heteroatoms. The van der Waals surface area contributed by atoms with E-state index >= 15 is 0 Å². The van der Waals surface area contributed by atoms with Crippen molar-refractivity contribution in [1.82, 2.24) is 0 Å². The van der Waals surface area contributed by atoms with Crippen LogP contribution in [-0.4, -0.2) is 26.9 Å². The van der Waals surface area contributed by atoms with E-state index in [2.05, 4.69) is 40.1 Å². The predicted molar refractivity (Wildman–Crippen MR) is 105 cm³/mol. The number of amidine groups is 1. The maximum absolute atomic E-state index is 5.83. The van der Waals surface area contributed by atoms with Crippen LogP contribution in [-0.2, 0) is 0 Å². The van der Waals surface area contributed by atoms with Crippen molar-refractivity contribution >= 4 is 20.7 Å². The molecule has 1 atom stereocenters. The number of aliphatic imine (C=N–C) groups is 1. The SMILES string of the molecule is CCCCCCCC/C=C\CCCCCCCC(N)N=C(N)[Se]. The van der Waals surface area contributed by atoms with E-state index in [1.54, 1.807) is 0 Å². The molecule has 0 aromatic heterocycles. The van der Waals surface area contributed by atoms with Crippen molar-refractivity contribution in [2.24, 2.45) is 16.5 Å². The molecule has 4 N–H and O–H groups in total. The Hall–Kier alpha value is -0.311. The van der Waals surface area contributed by atoms with Crippen molar-refractivity contribution in [3.63, 3.8) is 0 Å². The molecule has 0 saturated heterocycles. The molecule has 1 radical (unpaired) electrons. The number of rotatable bonds is 16. The molecule has 0 aromatic rings. The van der Waals surface area contributed by atoms with Crippen molar-refractivity contribution < 1.29 is 0 Å². The Kier molecular flexibility index (Phi) is 17.8. The van der Waals surface area contributed by atoms with Crippen molar-refractivity contribution in [1.29, 1.82) is 0 Å². The molecule has 1 unspecified atom stereocenters. The van der Waals surface area contributed by atoms with Crippen LogP contribution in [0.2, 0.25) is 0 Å². The average Bonchev–Trinajstić information content (AvgIpc) is 2.50. The molecule has 0 saturated carbocycles. The van der Waals surface area contributed by atoms with E-state index in [4.69, 9.17) is 11.5 Å². The minimum atomic E-state index is -0.138. The van der Waals surface area contributed by atoms with Crippen molar-refractivity contribution in [3.05, 3.63) is 12.2 Å². The number of nitrogens with zero attached hydrogens (tertiary/aromatic N) is 1. The first-order chi connectivity index (χ1) is 11.2. The molecule has 0 amide bonds. The van der Waals surface area contributed by atoms with Gasteiger partial charge in [-0.15, -0.1) is 0 Å². The number of nitrogens with two attached hydrogens (primary N) is 2. The van der Waals surface area contributed by atoms with Crippen LogP contribution in [0.5, 0.6) is 0 Å². The van der Waals surface area contributed by atoms with Crippen LogP contribution in [0.25, 0.3) is 0 Å². The molecule has 23 heavy (non-hydrogen) atoms. The van der Waals surface area contributed by atoms with Gasteiger partial charge < -0.3 is 0 Å². The van der Waals surface area contributed by atoms with E-state index < -0.39 is 0 Å². The average molecular weight is 387 g/mol. The minimum absolute atomic E-state index is 0.138. The van der Waals surface area contributed by atoms with Crippen molar-refractivity contribution in [3.8, 4) is 0 Å². The molecule has 0 aliphatic carbocycles. The van der Waals surface area contributed by atoms with Crippen LogP contribution in [0, 0.1) is 0 Å². The van der Waals surface area contributed by atoms with Gasteiger partial charge in [-0.3, -0.25) is 0 Å². The summed E-state index contributed by atoms with van der Waals surface area (Å²) in [6.45, 7) is 2.27. The molecule has 0 aliphatic heterocycles. The van der Waals surface area contributed by atoms with E-state index in [9.17, 15) is 0 Å². The summed E-state index contributed by atoms with van der Waals surface area (Å²) in [6, 6.07) is 0. The van der Waals surface area contributed by atoms with E-state index in [1.807, 2.05) is 0 Å². The Labute approximate surface area is 152 Å². The molecule has 0 bridgehead atoms. The third-order valence-electron chi connectivity index (χ3n) is 4.05. The first-order valence-corrected chi connectivity index (χ1v) is 10.4. The normalized spacial score (nSPS) is 13.7. The van der Waals surface area contributed by atoms with Gasteiger partial charge in [0, 0.05) is 0 Å². The summed E-state index contributed by atoms with van der Waals surface area (Å²) in [6.07, 6.45) is 22.7. The molecule has 0 fully saturated rings. The van der Waals surface area contributed by atoms with Crippen molar-refractivity contribution in [2.75, 3.05) is 0 Å². The fourth-order valence-corrected chi connectivity index (χ4v) is 2.94. The van der Waals surface area contributed by atoms with Gasteiger partial charge in [-0.1, -0.05) is 39.0 Å². The van der Waals surface area contributed by atoms with Crippen LogP contribution in [0.4, 0.5) is 0 Å². The van der Waals surface area contributed by atoms with Crippen molar-refractivity contribution in [2.45, 2.75) is 103 Å². The van der Waals surface area contributed by atoms with E-state index in [1.165, 1.54) is 77.0 Å². The quantitative estimate of drug-likeness (QED) is 0.131. The zero-order chi connectivity index (χ0) is 17.2. The summed E-state index contributed by atoms with van der Waals surface area (Å²) < 4.78 is 0.463. The van der Waals surface area contributed by atoms with Gasteiger partial charge in [0.25, 0.3) is 0 Å². The number of unbranched alkanes of at least 4 members (excludes halogenated alkanes) is 11. The second kappa shape index (κ2) is 18.0. The van der Waals surface area contributed by atoms with Crippen LogP contribution in [0.3, 0.4) is 0 Å². The van der Waals surface area contributed by atoms with Gasteiger partial charge in [-0.2, -0.15) is 0 Å². The first-order valence-electron chi connectivity index (χ1n) is 9.57. The van der Waals surface area contributed by atoms with Crippen LogP contribution in [0.15, 0.2) is 17.1 Å². The van der Waals surface area contributed by atoms with Gasteiger partial charge in [-0.05, 0) is 12.8 Å². The van der Waals surface area contributed by atoms with Gasteiger partial charge in [0.2, 0.25) is 0 Å². The molecular formula is C19H38N3Se. The summed E-state index contributed by atoms with van der Waals surface area (Å²) in [7, 11) is 0. The van der Waals surface area contributed by atoms with Gasteiger partial charge >= 0.3 is 100 Å². The summed E-state index contributed by atoms with van der Waals surface area (Å²) in [5, 5.41) is 0. The molecule has 0 rings (SSSR count). The van der Waals surface area contributed by atoms with Gasteiger partial charge in [0.05, 0.1) is 0 Å². The Morgan fingerprint density at radius 1 is 0.870 bits per heavy atom. The van der Waals surface area contributed by atoms with Crippen LogP contribution < -0.4 is 11.5 Å². The molecule has 0 heterocycles. The fourth-order valence-electron chi connectivity index (χ4n) is 2.65. The maximum atomic E-state index is 5.83. The summed E-state index contributed by atoms with van der Waals surface area (Å²) in [4.78, 5) is 4.09. The third kappa shape index (κ3) is 19.6. The fraction of sp³-hybridized carbons (Fsp3) is 0.842. The van der Waals surface area contributed by atoms with Gasteiger partial charge in [0.15, 0.2) is 0 Å². The van der Waals surface area contributed by atoms with Crippen LogP contribution >= 0.6 is 0 Å². The third-order valence-corrected chi connectivity index (χ3v) is 4.28.